The Morgan fingerprint density at radius 1 is 1.00 bits per heavy atom. The molecule has 2 aromatic rings. The van der Waals surface area contributed by atoms with E-state index in [1.54, 1.807) is 19.2 Å². The monoisotopic (exact) mass is 287 g/mol. The van der Waals surface area contributed by atoms with Crippen molar-refractivity contribution in [3.8, 4) is 11.5 Å². The fourth-order valence-corrected chi connectivity index (χ4v) is 1.68. The molecule has 2 aromatic carbocycles. The van der Waals surface area contributed by atoms with Crippen LogP contribution in [0.25, 0.3) is 0 Å². The van der Waals surface area contributed by atoms with Gasteiger partial charge >= 0.3 is 0 Å². The molecule has 110 valence electrons. The summed E-state index contributed by atoms with van der Waals surface area (Å²) in [5.41, 5.74) is 3.31. The molecular weight excluding hydrogens is 270 g/mol. The van der Waals surface area contributed by atoms with Gasteiger partial charge in [0.15, 0.2) is 18.1 Å². The molecule has 1 amide bonds. The van der Waals surface area contributed by atoms with Crippen LogP contribution in [0.3, 0.4) is 0 Å². The maximum absolute atomic E-state index is 11.6. The number of hydroxylamine groups is 1. The molecule has 21 heavy (non-hydrogen) atoms. The molecule has 0 saturated carbocycles. The molecule has 0 aliphatic rings. The van der Waals surface area contributed by atoms with E-state index in [-0.39, 0.29) is 12.5 Å². The van der Waals surface area contributed by atoms with E-state index in [2.05, 4.69) is 5.48 Å². The Morgan fingerprint density at radius 2 is 1.67 bits per heavy atom. The van der Waals surface area contributed by atoms with Gasteiger partial charge in [-0.05, 0) is 17.7 Å². The van der Waals surface area contributed by atoms with Crippen LogP contribution in [0.1, 0.15) is 5.56 Å². The third kappa shape index (κ3) is 4.81. The van der Waals surface area contributed by atoms with Gasteiger partial charge in [0.2, 0.25) is 0 Å². The van der Waals surface area contributed by atoms with Gasteiger partial charge in [0.05, 0.1) is 13.7 Å². The van der Waals surface area contributed by atoms with Crippen molar-refractivity contribution in [2.24, 2.45) is 0 Å². The zero-order valence-electron chi connectivity index (χ0n) is 11.7. The minimum absolute atomic E-state index is 0.144. The largest absolute Gasteiger partial charge is 0.493 e. The van der Waals surface area contributed by atoms with E-state index in [0.29, 0.717) is 18.1 Å². The summed E-state index contributed by atoms with van der Waals surface area (Å²) in [7, 11) is 1.55. The van der Waals surface area contributed by atoms with Crippen molar-refractivity contribution in [2.45, 2.75) is 6.61 Å². The summed E-state index contributed by atoms with van der Waals surface area (Å²) in [6.45, 7) is 0.163. The molecule has 0 fully saturated rings. The second-order valence-electron chi connectivity index (χ2n) is 4.24. The minimum Gasteiger partial charge on any atom is -0.493 e. The lowest BCUT2D eigenvalue weighted by atomic mass is 10.2. The molecule has 0 aliphatic carbocycles. The van der Waals surface area contributed by atoms with Crippen LogP contribution < -0.4 is 15.0 Å². The predicted octanol–water partition coefficient (Wildman–Crippen LogP) is 2.32. The fourth-order valence-electron chi connectivity index (χ4n) is 1.68. The summed E-state index contributed by atoms with van der Waals surface area (Å²) in [6, 6.07) is 16.7. The average molecular weight is 287 g/mol. The van der Waals surface area contributed by atoms with E-state index in [1.165, 1.54) is 0 Å². The Kier molecular flexibility index (Phi) is 5.60. The Morgan fingerprint density at radius 3 is 2.38 bits per heavy atom. The number of amides is 1. The maximum atomic E-state index is 11.6. The van der Waals surface area contributed by atoms with Crippen LogP contribution in [0.2, 0.25) is 0 Å². The molecule has 0 radical (unpaired) electrons. The molecule has 2 rings (SSSR count). The Balaban J connectivity index is 1.72. The number of carbonyl (C=O) groups excluding carboxylic acids is 1. The summed E-state index contributed by atoms with van der Waals surface area (Å²) in [5.74, 6) is 0.727. The van der Waals surface area contributed by atoms with E-state index in [1.807, 2.05) is 42.5 Å². The second kappa shape index (κ2) is 7.91. The molecule has 0 aliphatic heterocycles. The first-order valence-electron chi connectivity index (χ1n) is 6.50. The molecule has 0 atom stereocenters. The molecule has 0 spiro atoms. The number of ether oxygens (including phenoxy) is 2. The topological polar surface area (TPSA) is 56.8 Å². The smallest absolute Gasteiger partial charge is 0.281 e. The van der Waals surface area contributed by atoms with Gasteiger partial charge in [0.25, 0.3) is 5.91 Å². The molecular formula is C16H17NO4. The van der Waals surface area contributed by atoms with Crippen LogP contribution in [0.5, 0.6) is 11.5 Å². The number of para-hydroxylation sites is 2. The molecule has 0 saturated heterocycles. The van der Waals surface area contributed by atoms with Gasteiger partial charge < -0.3 is 9.47 Å². The first kappa shape index (κ1) is 14.9. The number of methoxy groups -OCH3 is 1. The standard InChI is InChI=1S/C16H17NO4/c1-19-14-9-5-6-10-15(14)20-12-16(18)17-21-11-13-7-3-2-4-8-13/h2-10H,11-12H2,1H3,(H,17,18). The zero-order chi connectivity index (χ0) is 14.9. The van der Waals surface area contributed by atoms with Crippen LogP contribution in [0.4, 0.5) is 0 Å². The Hall–Kier alpha value is -2.53. The lowest BCUT2D eigenvalue weighted by Crippen LogP contribution is -2.29. The highest BCUT2D eigenvalue weighted by Crippen LogP contribution is 2.25. The van der Waals surface area contributed by atoms with Crippen molar-refractivity contribution >= 4 is 5.91 Å². The van der Waals surface area contributed by atoms with E-state index >= 15 is 0 Å². The van der Waals surface area contributed by atoms with E-state index < -0.39 is 0 Å². The third-order valence-corrected chi connectivity index (χ3v) is 2.70. The van der Waals surface area contributed by atoms with Gasteiger partial charge in [-0.3, -0.25) is 9.63 Å². The number of nitrogens with one attached hydrogen (secondary N) is 1. The highest BCUT2D eigenvalue weighted by atomic mass is 16.7. The third-order valence-electron chi connectivity index (χ3n) is 2.70. The van der Waals surface area contributed by atoms with Gasteiger partial charge in [0, 0.05) is 0 Å². The molecule has 0 heterocycles. The van der Waals surface area contributed by atoms with Crippen molar-refractivity contribution in [1.82, 2.24) is 5.48 Å². The van der Waals surface area contributed by atoms with Crippen molar-refractivity contribution in [3.05, 3.63) is 60.2 Å². The Bertz CT molecular complexity index is 571. The van der Waals surface area contributed by atoms with Gasteiger partial charge in [-0.2, -0.15) is 0 Å². The number of rotatable bonds is 7. The first-order chi connectivity index (χ1) is 10.3. The number of carbonyl (C=O) groups is 1. The minimum atomic E-state index is -0.364. The van der Waals surface area contributed by atoms with Gasteiger partial charge in [-0.25, -0.2) is 5.48 Å². The number of hydrogen-bond acceptors (Lipinski definition) is 4. The summed E-state index contributed by atoms with van der Waals surface area (Å²) in [5, 5.41) is 0. The average Bonchev–Trinajstić information content (AvgIpc) is 2.54. The van der Waals surface area contributed by atoms with Crippen LogP contribution in [-0.2, 0) is 16.2 Å². The summed E-state index contributed by atoms with van der Waals surface area (Å²) < 4.78 is 10.5. The lowest BCUT2D eigenvalue weighted by molar-refractivity contribution is -0.136. The predicted molar refractivity (Wildman–Crippen MR) is 77.9 cm³/mol. The van der Waals surface area contributed by atoms with E-state index in [0.717, 1.165) is 5.56 Å². The van der Waals surface area contributed by atoms with E-state index in [4.69, 9.17) is 14.3 Å². The Labute approximate surface area is 123 Å². The quantitative estimate of drug-likeness (QED) is 0.794. The fraction of sp³-hybridized carbons (Fsp3) is 0.188. The maximum Gasteiger partial charge on any atom is 0.281 e. The number of benzene rings is 2. The highest BCUT2D eigenvalue weighted by Gasteiger charge is 2.06. The number of hydrogen-bond donors (Lipinski definition) is 1. The molecule has 0 unspecified atom stereocenters. The molecule has 5 heteroatoms. The molecule has 1 N–H and O–H groups in total. The van der Waals surface area contributed by atoms with Crippen molar-refractivity contribution in [3.63, 3.8) is 0 Å². The van der Waals surface area contributed by atoms with E-state index in [9.17, 15) is 4.79 Å². The van der Waals surface area contributed by atoms with Crippen LogP contribution >= 0.6 is 0 Å². The van der Waals surface area contributed by atoms with Crippen molar-refractivity contribution in [1.29, 1.82) is 0 Å². The molecule has 5 nitrogen and oxygen atoms in total. The van der Waals surface area contributed by atoms with Crippen molar-refractivity contribution in [2.75, 3.05) is 13.7 Å². The van der Waals surface area contributed by atoms with Crippen LogP contribution in [0, 0.1) is 0 Å². The van der Waals surface area contributed by atoms with Gasteiger partial charge in [-0.15, -0.1) is 0 Å². The van der Waals surface area contributed by atoms with Gasteiger partial charge in [0.1, 0.15) is 0 Å². The SMILES string of the molecule is COc1ccccc1OCC(=O)NOCc1ccccc1. The summed E-state index contributed by atoms with van der Waals surface area (Å²) in [6.07, 6.45) is 0. The van der Waals surface area contributed by atoms with Crippen LogP contribution in [0.15, 0.2) is 54.6 Å². The normalized spacial score (nSPS) is 9.95. The van der Waals surface area contributed by atoms with Crippen LogP contribution in [-0.4, -0.2) is 19.6 Å². The molecule has 0 bridgehead atoms. The highest BCUT2D eigenvalue weighted by molar-refractivity contribution is 5.76. The zero-order valence-corrected chi connectivity index (χ0v) is 11.7. The second-order valence-corrected chi connectivity index (χ2v) is 4.24. The first-order valence-corrected chi connectivity index (χ1v) is 6.50. The lowest BCUT2D eigenvalue weighted by Gasteiger charge is -2.10. The molecule has 0 aromatic heterocycles. The van der Waals surface area contributed by atoms with Crippen molar-refractivity contribution < 1.29 is 19.1 Å². The summed E-state index contributed by atoms with van der Waals surface area (Å²) in [4.78, 5) is 16.7. The van der Waals surface area contributed by atoms with Gasteiger partial charge in [-0.1, -0.05) is 42.5 Å². The summed E-state index contributed by atoms with van der Waals surface area (Å²) >= 11 is 0.